The lowest BCUT2D eigenvalue weighted by atomic mass is 9.88. The number of rotatable bonds is 4. The fourth-order valence-electron chi connectivity index (χ4n) is 2.76. The van der Waals surface area contributed by atoms with Crippen LogP contribution in [-0.2, 0) is 6.42 Å². The molecule has 1 aromatic heterocycles. The first-order valence-electron chi connectivity index (χ1n) is 6.93. The molecule has 0 spiro atoms. The molecule has 0 aromatic carbocycles. The van der Waals surface area contributed by atoms with Gasteiger partial charge in [-0.05, 0) is 48.1 Å². The lowest BCUT2D eigenvalue weighted by Crippen LogP contribution is -2.33. The van der Waals surface area contributed by atoms with Gasteiger partial charge < -0.3 is 10.4 Å². The molecule has 0 saturated heterocycles. The Labute approximate surface area is 114 Å². The van der Waals surface area contributed by atoms with E-state index in [1.807, 2.05) is 11.3 Å². The number of nitrogens with one attached hydrogen (secondary N) is 1. The average Bonchev–Trinajstić information content (AvgIpc) is 2.72. The lowest BCUT2D eigenvalue weighted by molar-refractivity contribution is 0.115. The minimum absolute atomic E-state index is 0.196. The highest BCUT2D eigenvalue weighted by Gasteiger charge is 2.22. The van der Waals surface area contributed by atoms with Gasteiger partial charge in [-0.25, -0.2) is 0 Å². The van der Waals surface area contributed by atoms with Gasteiger partial charge in [-0.15, -0.1) is 11.3 Å². The van der Waals surface area contributed by atoms with Gasteiger partial charge >= 0.3 is 0 Å². The summed E-state index contributed by atoms with van der Waals surface area (Å²) in [4.78, 5) is 1.53. The van der Waals surface area contributed by atoms with E-state index >= 15 is 0 Å². The third-order valence-electron chi connectivity index (χ3n) is 3.50. The van der Waals surface area contributed by atoms with Gasteiger partial charge in [0.1, 0.15) is 0 Å². The summed E-state index contributed by atoms with van der Waals surface area (Å²) in [5, 5.41) is 15.8. The van der Waals surface area contributed by atoms with Crippen LogP contribution in [0.4, 0.5) is 0 Å². The fraction of sp³-hybridized carbons (Fsp3) is 0.733. The molecule has 1 heterocycles. The van der Waals surface area contributed by atoms with Gasteiger partial charge in [0.15, 0.2) is 0 Å². The van der Waals surface area contributed by atoms with Crippen LogP contribution in [0.5, 0.6) is 0 Å². The molecule has 18 heavy (non-hydrogen) atoms. The molecule has 0 saturated carbocycles. The molecule has 1 aromatic rings. The molecule has 0 bridgehead atoms. The molecule has 0 aliphatic heterocycles. The zero-order chi connectivity index (χ0) is 13.2. The average molecular weight is 267 g/mol. The SMILES string of the molecule is CC(C)(C)CC(O)CNC1CCCc2sccc21. The number of hydrogen-bond donors (Lipinski definition) is 2. The Balaban J connectivity index is 1.85. The Morgan fingerprint density at radius 1 is 1.50 bits per heavy atom. The number of aryl methyl sites for hydroxylation is 1. The zero-order valence-corrected chi connectivity index (χ0v) is 12.5. The van der Waals surface area contributed by atoms with Crippen molar-refractivity contribution in [1.82, 2.24) is 5.32 Å². The van der Waals surface area contributed by atoms with Gasteiger partial charge in [0, 0.05) is 17.5 Å². The Morgan fingerprint density at radius 3 is 3.00 bits per heavy atom. The fourth-order valence-corrected chi connectivity index (χ4v) is 3.74. The van der Waals surface area contributed by atoms with Gasteiger partial charge in [0.25, 0.3) is 0 Å². The van der Waals surface area contributed by atoms with E-state index in [1.54, 1.807) is 0 Å². The molecular weight excluding hydrogens is 242 g/mol. The minimum Gasteiger partial charge on any atom is -0.392 e. The van der Waals surface area contributed by atoms with E-state index in [-0.39, 0.29) is 11.5 Å². The van der Waals surface area contributed by atoms with E-state index in [0.717, 1.165) is 6.42 Å². The molecule has 2 nitrogen and oxygen atoms in total. The second kappa shape index (κ2) is 5.72. The smallest absolute Gasteiger partial charge is 0.0669 e. The summed E-state index contributed by atoms with van der Waals surface area (Å²) in [6.07, 6.45) is 4.31. The predicted molar refractivity (Wildman–Crippen MR) is 78.1 cm³/mol. The second-order valence-corrected chi connectivity index (χ2v) is 7.57. The number of fused-ring (bicyclic) bond motifs is 1. The highest BCUT2D eigenvalue weighted by Crippen LogP contribution is 2.33. The van der Waals surface area contributed by atoms with Crippen molar-refractivity contribution < 1.29 is 5.11 Å². The van der Waals surface area contributed by atoms with Gasteiger partial charge in [0.05, 0.1) is 6.10 Å². The molecule has 0 radical (unpaired) electrons. The Morgan fingerprint density at radius 2 is 2.28 bits per heavy atom. The number of aliphatic hydroxyl groups excluding tert-OH is 1. The maximum Gasteiger partial charge on any atom is 0.0669 e. The Hall–Kier alpha value is -0.380. The molecule has 3 heteroatoms. The van der Waals surface area contributed by atoms with Gasteiger partial charge in [0.2, 0.25) is 0 Å². The molecule has 0 fully saturated rings. The number of hydrogen-bond acceptors (Lipinski definition) is 3. The molecule has 2 atom stereocenters. The van der Waals surface area contributed by atoms with E-state index in [9.17, 15) is 5.11 Å². The van der Waals surface area contributed by atoms with Crippen molar-refractivity contribution in [3.05, 3.63) is 21.9 Å². The van der Waals surface area contributed by atoms with E-state index in [2.05, 4.69) is 37.5 Å². The van der Waals surface area contributed by atoms with Crippen molar-refractivity contribution in [2.75, 3.05) is 6.54 Å². The molecule has 2 N–H and O–H groups in total. The molecule has 2 rings (SSSR count). The van der Waals surface area contributed by atoms with Crippen molar-refractivity contribution in [3.63, 3.8) is 0 Å². The lowest BCUT2D eigenvalue weighted by Gasteiger charge is -2.27. The maximum atomic E-state index is 10.1. The van der Waals surface area contributed by atoms with Crippen LogP contribution in [-0.4, -0.2) is 17.8 Å². The second-order valence-electron chi connectivity index (χ2n) is 6.57. The normalized spacial score (nSPS) is 21.7. The molecular formula is C15H25NOS. The first-order chi connectivity index (χ1) is 8.46. The largest absolute Gasteiger partial charge is 0.392 e. The monoisotopic (exact) mass is 267 g/mol. The Bertz CT molecular complexity index is 380. The van der Waals surface area contributed by atoms with E-state index in [4.69, 9.17) is 0 Å². The van der Waals surface area contributed by atoms with E-state index < -0.39 is 0 Å². The van der Waals surface area contributed by atoms with Gasteiger partial charge in [-0.1, -0.05) is 20.8 Å². The summed E-state index contributed by atoms with van der Waals surface area (Å²) in [6, 6.07) is 2.70. The summed E-state index contributed by atoms with van der Waals surface area (Å²) >= 11 is 1.87. The van der Waals surface area contributed by atoms with Gasteiger partial charge in [-0.2, -0.15) is 0 Å². The van der Waals surface area contributed by atoms with Crippen molar-refractivity contribution in [2.45, 2.75) is 58.6 Å². The van der Waals surface area contributed by atoms with Crippen LogP contribution in [0.1, 0.15) is 56.5 Å². The molecule has 102 valence electrons. The number of thiophene rings is 1. The van der Waals surface area contributed by atoms with Crippen LogP contribution in [0, 0.1) is 5.41 Å². The zero-order valence-electron chi connectivity index (χ0n) is 11.7. The van der Waals surface area contributed by atoms with Crippen LogP contribution >= 0.6 is 11.3 Å². The van der Waals surface area contributed by atoms with Crippen LogP contribution < -0.4 is 5.32 Å². The van der Waals surface area contributed by atoms with E-state index in [0.29, 0.717) is 12.6 Å². The van der Waals surface area contributed by atoms with Crippen LogP contribution in [0.15, 0.2) is 11.4 Å². The van der Waals surface area contributed by atoms with Crippen LogP contribution in [0.2, 0.25) is 0 Å². The topological polar surface area (TPSA) is 32.3 Å². The maximum absolute atomic E-state index is 10.1. The number of aliphatic hydroxyl groups is 1. The van der Waals surface area contributed by atoms with E-state index in [1.165, 1.54) is 29.7 Å². The van der Waals surface area contributed by atoms with Crippen molar-refractivity contribution in [2.24, 2.45) is 5.41 Å². The third kappa shape index (κ3) is 3.81. The molecule has 0 amide bonds. The van der Waals surface area contributed by atoms with Crippen molar-refractivity contribution >= 4 is 11.3 Å². The summed E-state index contributed by atoms with van der Waals surface area (Å²) in [5.41, 5.74) is 1.66. The Kier molecular flexibility index (Phi) is 4.46. The summed E-state index contributed by atoms with van der Waals surface area (Å²) < 4.78 is 0. The van der Waals surface area contributed by atoms with Crippen molar-refractivity contribution in [1.29, 1.82) is 0 Å². The third-order valence-corrected chi connectivity index (χ3v) is 4.50. The van der Waals surface area contributed by atoms with Crippen LogP contribution in [0.3, 0.4) is 0 Å². The summed E-state index contributed by atoms with van der Waals surface area (Å²) in [6.45, 7) is 7.23. The van der Waals surface area contributed by atoms with Crippen LogP contribution in [0.25, 0.3) is 0 Å². The highest BCUT2D eigenvalue weighted by molar-refractivity contribution is 7.10. The predicted octanol–water partition coefficient (Wildman–Crippen LogP) is 3.51. The first kappa shape index (κ1) is 14.0. The quantitative estimate of drug-likeness (QED) is 0.875. The molecule has 2 unspecified atom stereocenters. The highest BCUT2D eigenvalue weighted by atomic mass is 32.1. The standard InChI is InChI=1S/C15H25NOS/c1-15(2,3)9-11(17)10-16-13-5-4-6-14-12(13)7-8-18-14/h7-8,11,13,16-17H,4-6,9-10H2,1-3H3. The van der Waals surface area contributed by atoms with Gasteiger partial charge in [-0.3, -0.25) is 0 Å². The minimum atomic E-state index is -0.242. The molecule has 1 aliphatic rings. The summed E-state index contributed by atoms with van der Waals surface area (Å²) in [7, 11) is 0. The molecule has 1 aliphatic carbocycles. The summed E-state index contributed by atoms with van der Waals surface area (Å²) in [5.74, 6) is 0. The first-order valence-corrected chi connectivity index (χ1v) is 7.81. The van der Waals surface area contributed by atoms with Crippen molar-refractivity contribution in [3.8, 4) is 0 Å².